The molecule has 1 aliphatic rings. The number of nitrogens with two attached hydrogens (primary N) is 1. The Bertz CT molecular complexity index is 706. The van der Waals surface area contributed by atoms with Crippen molar-refractivity contribution in [1.82, 2.24) is 5.32 Å². The van der Waals surface area contributed by atoms with Crippen LogP contribution in [-0.4, -0.2) is 17.4 Å². The van der Waals surface area contributed by atoms with Gasteiger partial charge in [0.05, 0.1) is 0 Å². The first-order valence-corrected chi connectivity index (χ1v) is 8.25. The minimum atomic E-state index is -0.0540. The lowest BCUT2D eigenvalue weighted by atomic mass is 9.64. The van der Waals surface area contributed by atoms with Crippen LogP contribution in [0.25, 0.3) is 0 Å². The second-order valence-electron chi connectivity index (χ2n) is 6.12. The summed E-state index contributed by atoms with van der Waals surface area (Å²) in [5, 5.41) is 3.09. The van der Waals surface area contributed by atoms with Crippen molar-refractivity contribution in [2.75, 3.05) is 6.54 Å². The molecule has 0 unspecified atom stereocenters. The van der Waals surface area contributed by atoms with E-state index in [0.29, 0.717) is 17.1 Å². The Hall–Kier alpha value is -2.20. The summed E-state index contributed by atoms with van der Waals surface area (Å²) in [6.07, 6.45) is 3.46. The topological polar surface area (TPSA) is 55.1 Å². The summed E-state index contributed by atoms with van der Waals surface area (Å²) in [7, 11) is 0. The van der Waals surface area contributed by atoms with Gasteiger partial charge in [0.15, 0.2) is 0 Å². The van der Waals surface area contributed by atoms with Crippen molar-refractivity contribution in [1.29, 1.82) is 0 Å². The average Bonchev–Trinajstić information content (AvgIpc) is 2.55. The highest BCUT2D eigenvalue weighted by Gasteiger charge is 2.38. The van der Waals surface area contributed by atoms with E-state index < -0.39 is 0 Å². The van der Waals surface area contributed by atoms with Gasteiger partial charge in [0, 0.05) is 23.1 Å². The molecule has 1 aliphatic carbocycles. The highest BCUT2D eigenvalue weighted by atomic mass is 32.1. The van der Waals surface area contributed by atoms with E-state index >= 15 is 0 Å². The molecule has 0 atom stereocenters. The third-order valence-corrected chi connectivity index (χ3v) is 4.95. The fourth-order valence-electron chi connectivity index (χ4n) is 3.10. The highest BCUT2D eigenvalue weighted by molar-refractivity contribution is 7.80. The Morgan fingerprint density at radius 3 is 2.17 bits per heavy atom. The summed E-state index contributed by atoms with van der Waals surface area (Å²) < 4.78 is 0. The second kappa shape index (κ2) is 6.50. The van der Waals surface area contributed by atoms with E-state index in [2.05, 4.69) is 29.6 Å². The van der Waals surface area contributed by atoms with Crippen LogP contribution in [0.3, 0.4) is 0 Å². The molecule has 0 aromatic heterocycles. The summed E-state index contributed by atoms with van der Waals surface area (Å²) >= 11 is 4.93. The van der Waals surface area contributed by atoms with Gasteiger partial charge in [0.1, 0.15) is 4.99 Å². The van der Waals surface area contributed by atoms with Crippen molar-refractivity contribution in [2.24, 2.45) is 5.73 Å². The van der Waals surface area contributed by atoms with Crippen LogP contribution in [0.15, 0.2) is 54.6 Å². The quantitative estimate of drug-likeness (QED) is 0.831. The maximum absolute atomic E-state index is 12.4. The Morgan fingerprint density at radius 1 is 1.04 bits per heavy atom. The van der Waals surface area contributed by atoms with E-state index in [4.69, 9.17) is 18.0 Å². The molecule has 0 saturated heterocycles. The Kier molecular flexibility index (Phi) is 4.44. The van der Waals surface area contributed by atoms with Crippen molar-refractivity contribution < 1.29 is 4.79 Å². The largest absolute Gasteiger partial charge is 0.389 e. The maximum atomic E-state index is 12.4. The molecule has 23 heavy (non-hydrogen) atoms. The molecule has 118 valence electrons. The molecule has 1 saturated carbocycles. The van der Waals surface area contributed by atoms with Gasteiger partial charge >= 0.3 is 0 Å². The zero-order chi connectivity index (χ0) is 16.3. The van der Waals surface area contributed by atoms with Gasteiger partial charge in [0.2, 0.25) is 0 Å². The predicted molar refractivity (Wildman–Crippen MR) is 96.6 cm³/mol. The molecule has 3 nitrogen and oxygen atoms in total. The minimum absolute atomic E-state index is 0.0540. The molecule has 4 heteroatoms. The summed E-state index contributed by atoms with van der Waals surface area (Å²) in [6, 6.07) is 17.6. The smallest absolute Gasteiger partial charge is 0.251 e. The van der Waals surface area contributed by atoms with E-state index in [-0.39, 0.29) is 11.3 Å². The van der Waals surface area contributed by atoms with E-state index in [9.17, 15) is 4.79 Å². The van der Waals surface area contributed by atoms with Gasteiger partial charge in [-0.2, -0.15) is 0 Å². The van der Waals surface area contributed by atoms with Crippen LogP contribution in [0.5, 0.6) is 0 Å². The lowest BCUT2D eigenvalue weighted by Crippen LogP contribution is -2.45. The molecule has 3 rings (SSSR count). The second-order valence-corrected chi connectivity index (χ2v) is 6.56. The lowest BCUT2D eigenvalue weighted by Gasteiger charge is -2.42. The number of benzene rings is 2. The van der Waals surface area contributed by atoms with Crippen molar-refractivity contribution in [2.45, 2.75) is 24.7 Å². The zero-order valence-corrected chi connectivity index (χ0v) is 13.7. The van der Waals surface area contributed by atoms with Crippen LogP contribution in [0, 0.1) is 0 Å². The van der Waals surface area contributed by atoms with Gasteiger partial charge in [-0.1, -0.05) is 61.1 Å². The molecule has 0 aliphatic heterocycles. The average molecular weight is 324 g/mol. The van der Waals surface area contributed by atoms with Crippen molar-refractivity contribution in [3.8, 4) is 0 Å². The maximum Gasteiger partial charge on any atom is 0.251 e. The third kappa shape index (κ3) is 3.27. The molecule has 0 bridgehead atoms. The number of amides is 1. The van der Waals surface area contributed by atoms with Gasteiger partial charge in [-0.05, 0) is 30.5 Å². The number of rotatable bonds is 5. The third-order valence-electron chi connectivity index (χ3n) is 4.72. The first kappa shape index (κ1) is 15.7. The van der Waals surface area contributed by atoms with Crippen molar-refractivity contribution in [3.05, 3.63) is 71.3 Å². The Labute approximate surface area is 141 Å². The predicted octanol–water partition coefficient (Wildman–Crippen LogP) is 3.17. The van der Waals surface area contributed by atoms with E-state index in [1.807, 2.05) is 6.07 Å². The first-order chi connectivity index (χ1) is 11.1. The van der Waals surface area contributed by atoms with Crippen LogP contribution in [0.4, 0.5) is 0 Å². The summed E-state index contributed by atoms with van der Waals surface area (Å²) in [4.78, 5) is 12.7. The molecule has 0 radical (unpaired) electrons. The molecule has 1 fully saturated rings. The fourth-order valence-corrected chi connectivity index (χ4v) is 3.24. The number of thiocarbonyl (C=S) groups is 1. The lowest BCUT2D eigenvalue weighted by molar-refractivity contribution is 0.0928. The van der Waals surface area contributed by atoms with Gasteiger partial charge in [0.25, 0.3) is 5.91 Å². The SMILES string of the molecule is NC(=S)c1ccc(C(=O)NCC2(c3ccccc3)CCC2)cc1. The van der Waals surface area contributed by atoms with Crippen LogP contribution in [-0.2, 0) is 5.41 Å². The molecular formula is C19H20N2OS. The Balaban J connectivity index is 1.67. The van der Waals surface area contributed by atoms with Gasteiger partial charge in [-0.15, -0.1) is 0 Å². The monoisotopic (exact) mass is 324 g/mol. The fraction of sp³-hybridized carbons (Fsp3) is 0.263. The molecule has 0 spiro atoms. The first-order valence-electron chi connectivity index (χ1n) is 7.84. The highest BCUT2D eigenvalue weighted by Crippen LogP contribution is 2.43. The van der Waals surface area contributed by atoms with Crippen LogP contribution in [0.1, 0.15) is 40.7 Å². The van der Waals surface area contributed by atoms with Gasteiger partial charge in [-0.25, -0.2) is 0 Å². The van der Waals surface area contributed by atoms with Crippen LogP contribution < -0.4 is 11.1 Å². The Morgan fingerprint density at radius 2 is 1.65 bits per heavy atom. The number of nitrogens with one attached hydrogen (secondary N) is 1. The molecular weight excluding hydrogens is 304 g/mol. The molecule has 0 heterocycles. The summed E-state index contributed by atoms with van der Waals surface area (Å²) in [6.45, 7) is 0.674. The number of hydrogen-bond acceptors (Lipinski definition) is 2. The standard InChI is InChI=1S/C19H20N2OS/c20-17(23)14-7-9-15(10-8-14)18(22)21-13-19(11-4-12-19)16-5-2-1-3-6-16/h1-3,5-10H,4,11-13H2,(H2,20,23)(H,21,22). The van der Waals surface area contributed by atoms with E-state index in [0.717, 1.165) is 18.4 Å². The molecule has 1 amide bonds. The number of carbonyl (C=O) groups excluding carboxylic acids is 1. The number of carbonyl (C=O) groups is 1. The van der Waals surface area contributed by atoms with Crippen LogP contribution in [0.2, 0.25) is 0 Å². The van der Waals surface area contributed by atoms with Crippen LogP contribution >= 0.6 is 12.2 Å². The zero-order valence-electron chi connectivity index (χ0n) is 12.9. The van der Waals surface area contributed by atoms with E-state index in [1.54, 1.807) is 24.3 Å². The van der Waals surface area contributed by atoms with Gasteiger partial charge < -0.3 is 11.1 Å². The minimum Gasteiger partial charge on any atom is -0.389 e. The summed E-state index contributed by atoms with van der Waals surface area (Å²) in [5.41, 5.74) is 8.39. The van der Waals surface area contributed by atoms with Crippen molar-refractivity contribution >= 4 is 23.1 Å². The molecule has 2 aromatic carbocycles. The van der Waals surface area contributed by atoms with Crippen molar-refractivity contribution in [3.63, 3.8) is 0 Å². The van der Waals surface area contributed by atoms with E-state index in [1.165, 1.54) is 12.0 Å². The normalized spacial score (nSPS) is 15.5. The number of hydrogen-bond donors (Lipinski definition) is 2. The van der Waals surface area contributed by atoms with Gasteiger partial charge in [-0.3, -0.25) is 4.79 Å². The molecule has 2 aromatic rings. The molecule has 3 N–H and O–H groups in total. The summed E-state index contributed by atoms with van der Waals surface area (Å²) in [5.74, 6) is -0.0540.